The molecule has 3 aromatic rings. The smallest absolute Gasteiger partial charge is 0.401 e. The molecule has 1 saturated heterocycles. The first kappa shape index (κ1) is 17.9. The van der Waals surface area contributed by atoms with E-state index in [9.17, 15) is 19.3 Å². The summed E-state index contributed by atoms with van der Waals surface area (Å²) in [5.41, 5.74) is 0.227. The van der Waals surface area contributed by atoms with Crippen LogP contribution >= 0.6 is 0 Å². The van der Waals surface area contributed by atoms with E-state index in [-0.39, 0.29) is 22.9 Å². The number of anilines is 1. The molecule has 0 spiro atoms. The highest BCUT2D eigenvalue weighted by Crippen LogP contribution is 2.24. The molecule has 1 aliphatic rings. The van der Waals surface area contributed by atoms with Crippen molar-refractivity contribution >= 4 is 34.6 Å². The molecule has 1 aliphatic heterocycles. The third-order valence-electron chi connectivity index (χ3n) is 4.34. The Labute approximate surface area is 157 Å². The molecule has 3 heterocycles. The van der Waals surface area contributed by atoms with Crippen molar-refractivity contribution in [2.45, 2.75) is 0 Å². The number of halogens is 1. The minimum atomic E-state index is -0.644. The van der Waals surface area contributed by atoms with Gasteiger partial charge in [0.15, 0.2) is 0 Å². The van der Waals surface area contributed by atoms with Crippen molar-refractivity contribution in [3.05, 3.63) is 62.1 Å². The van der Waals surface area contributed by atoms with Crippen LogP contribution in [0.3, 0.4) is 0 Å². The number of ether oxygens (including phenoxy) is 1. The lowest BCUT2D eigenvalue weighted by Crippen LogP contribution is -2.36. The summed E-state index contributed by atoms with van der Waals surface area (Å²) < 4.78 is 24.8. The standard InChI is InChI=1S/C18H15FN4O5/c19-13-9-12-14(10-15(13)22-5-7-27-8-6-22)20-16(21-18(12)24)3-1-11-2-4-17(28-11)23(25)26/h1-4,9-10H,5-8H2,(H,20,21,24)/b3-1+. The Morgan fingerprint density at radius 1 is 1.25 bits per heavy atom. The molecule has 1 fully saturated rings. The predicted octanol–water partition coefficient (Wildman–Crippen LogP) is 2.57. The highest BCUT2D eigenvalue weighted by atomic mass is 19.1. The molecule has 2 aromatic heterocycles. The minimum absolute atomic E-state index is 0.139. The first-order valence-electron chi connectivity index (χ1n) is 8.50. The van der Waals surface area contributed by atoms with Gasteiger partial charge in [0.1, 0.15) is 22.3 Å². The van der Waals surface area contributed by atoms with Crippen molar-refractivity contribution in [2.75, 3.05) is 31.2 Å². The molecule has 0 amide bonds. The maximum absolute atomic E-state index is 14.5. The molecule has 0 saturated carbocycles. The predicted molar refractivity (Wildman–Crippen MR) is 99.6 cm³/mol. The number of aromatic amines is 1. The zero-order valence-electron chi connectivity index (χ0n) is 14.6. The van der Waals surface area contributed by atoms with Gasteiger partial charge in [-0.25, -0.2) is 9.37 Å². The van der Waals surface area contributed by atoms with E-state index in [4.69, 9.17) is 9.15 Å². The number of hydrogen-bond acceptors (Lipinski definition) is 7. The van der Waals surface area contributed by atoms with E-state index in [0.717, 1.165) is 0 Å². The van der Waals surface area contributed by atoms with Crippen molar-refractivity contribution in [3.63, 3.8) is 0 Å². The highest BCUT2D eigenvalue weighted by Gasteiger charge is 2.17. The summed E-state index contributed by atoms with van der Waals surface area (Å²) in [6.07, 6.45) is 2.91. The van der Waals surface area contributed by atoms with Gasteiger partial charge in [-0.05, 0) is 30.4 Å². The number of morpholine rings is 1. The van der Waals surface area contributed by atoms with Crippen LogP contribution in [0.2, 0.25) is 0 Å². The first-order chi connectivity index (χ1) is 13.5. The summed E-state index contributed by atoms with van der Waals surface area (Å²) >= 11 is 0. The molecule has 0 radical (unpaired) electrons. The fourth-order valence-electron chi connectivity index (χ4n) is 2.98. The lowest BCUT2D eigenvalue weighted by Gasteiger charge is -2.29. The molecule has 1 N–H and O–H groups in total. The molecule has 144 valence electrons. The first-order valence-corrected chi connectivity index (χ1v) is 8.50. The van der Waals surface area contributed by atoms with Gasteiger partial charge < -0.3 is 19.0 Å². The van der Waals surface area contributed by atoms with E-state index < -0.39 is 16.3 Å². The van der Waals surface area contributed by atoms with Gasteiger partial charge in [-0.1, -0.05) is 0 Å². The zero-order chi connectivity index (χ0) is 19.7. The molecule has 0 atom stereocenters. The maximum atomic E-state index is 14.5. The fraction of sp³-hybridized carbons (Fsp3) is 0.222. The largest absolute Gasteiger partial charge is 0.433 e. The molecular weight excluding hydrogens is 371 g/mol. The molecule has 0 aliphatic carbocycles. The van der Waals surface area contributed by atoms with Crippen molar-refractivity contribution in [3.8, 4) is 0 Å². The molecule has 4 rings (SSSR count). The average molecular weight is 386 g/mol. The lowest BCUT2D eigenvalue weighted by atomic mass is 10.2. The fourth-order valence-corrected chi connectivity index (χ4v) is 2.98. The number of aromatic nitrogens is 2. The summed E-state index contributed by atoms with van der Waals surface area (Å²) in [4.78, 5) is 31.1. The van der Waals surface area contributed by atoms with Gasteiger partial charge in [-0.2, -0.15) is 0 Å². The molecule has 0 unspecified atom stereocenters. The second kappa shape index (κ2) is 7.24. The van der Waals surface area contributed by atoms with Crippen LogP contribution in [0.4, 0.5) is 16.0 Å². The molecule has 28 heavy (non-hydrogen) atoms. The van der Waals surface area contributed by atoms with E-state index in [1.165, 1.54) is 30.4 Å². The van der Waals surface area contributed by atoms with Crippen LogP contribution in [0, 0.1) is 15.9 Å². The summed E-state index contributed by atoms with van der Waals surface area (Å²) in [7, 11) is 0. The molecule has 9 nitrogen and oxygen atoms in total. The molecule has 10 heteroatoms. The van der Waals surface area contributed by atoms with E-state index in [1.807, 2.05) is 4.90 Å². The van der Waals surface area contributed by atoms with Crippen molar-refractivity contribution < 1.29 is 18.5 Å². The van der Waals surface area contributed by atoms with Crippen LogP contribution in [0.1, 0.15) is 11.6 Å². The number of fused-ring (bicyclic) bond motifs is 1. The average Bonchev–Trinajstić information content (AvgIpc) is 3.17. The number of benzene rings is 1. The normalized spacial score (nSPS) is 14.8. The summed E-state index contributed by atoms with van der Waals surface area (Å²) in [5.74, 6) is -0.420. The number of hydrogen-bond donors (Lipinski definition) is 1. The minimum Gasteiger partial charge on any atom is -0.401 e. The van der Waals surface area contributed by atoms with Crippen molar-refractivity contribution in [1.82, 2.24) is 9.97 Å². The van der Waals surface area contributed by atoms with Gasteiger partial charge in [0.2, 0.25) is 0 Å². The molecule has 1 aromatic carbocycles. The van der Waals surface area contributed by atoms with Crippen LogP contribution in [0.5, 0.6) is 0 Å². The van der Waals surface area contributed by atoms with Gasteiger partial charge in [-0.15, -0.1) is 0 Å². The topological polar surface area (TPSA) is 114 Å². The lowest BCUT2D eigenvalue weighted by molar-refractivity contribution is -0.402. The van der Waals surface area contributed by atoms with E-state index in [0.29, 0.717) is 37.5 Å². The summed E-state index contributed by atoms with van der Waals surface area (Å²) in [6.45, 7) is 2.11. The monoisotopic (exact) mass is 386 g/mol. The number of rotatable bonds is 4. The summed E-state index contributed by atoms with van der Waals surface area (Å²) in [5, 5.41) is 10.8. The number of nitro groups is 1. The van der Waals surface area contributed by atoms with Gasteiger partial charge >= 0.3 is 5.88 Å². The van der Waals surface area contributed by atoms with E-state index in [2.05, 4.69) is 9.97 Å². The quantitative estimate of drug-likeness (QED) is 0.541. The Kier molecular flexibility index (Phi) is 4.62. The van der Waals surface area contributed by atoms with Gasteiger partial charge in [0.05, 0.1) is 35.9 Å². The van der Waals surface area contributed by atoms with Crippen LogP contribution in [0.15, 0.2) is 33.5 Å². The Morgan fingerprint density at radius 3 is 2.75 bits per heavy atom. The van der Waals surface area contributed by atoms with Crippen LogP contribution < -0.4 is 10.5 Å². The third kappa shape index (κ3) is 3.49. The zero-order valence-corrected chi connectivity index (χ0v) is 14.6. The SMILES string of the molecule is O=c1[nH]c(/C=C/c2ccc([N+](=O)[O-])o2)nc2cc(N3CCOCC3)c(F)cc12. The van der Waals surface area contributed by atoms with Crippen molar-refractivity contribution in [1.29, 1.82) is 0 Å². The summed E-state index contributed by atoms with van der Waals surface area (Å²) in [6, 6.07) is 5.38. The van der Waals surface area contributed by atoms with E-state index in [1.54, 1.807) is 6.07 Å². The van der Waals surface area contributed by atoms with Crippen LogP contribution in [-0.4, -0.2) is 41.2 Å². The number of nitrogens with zero attached hydrogens (tertiary/aromatic N) is 3. The third-order valence-corrected chi connectivity index (χ3v) is 4.34. The number of H-pyrrole nitrogens is 1. The number of nitrogens with one attached hydrogen (secondary N) is 1. The van der Waals surface area contributed by atoms with Gasteiger partial charge in [-0.3, -0.25) is 14.9 Å². The van der Waals surface area contributed by atoms with Gasteiger partial charge in [0, 0.05) is 13.1 Å². The Balaban J connectivity index is 1.69. The second-order valence-electron chi connectivity index (χ2n) is 6.14. The van der Waals surface area contributed by atoms with Crippen LogP contribution in [-0.2, 0) is 4.74 Å². The Hall–Kier alpha value is -3.53. The number of furan rings is 1. The Morgan fingerprint density at radius 2 is 2.04 bits per heavy atom. The molecular formula is C18H15FN4O5. The van der Waals surface area contributed by atoms with Crippen molar-refractivity contribution in [2.24, 2.45) is 0 Å². The van der Waals surface area contributed by atoms with E-state index >= 15 is 0 Å². The Bertz CT molecular complexity index is 1130. The molecule has 0 bridgehead atoms. The maximum Gasteiger partial charge on any atom is 0.433 e. The van der Waals surface area contributed by atoms with Crippen LogP contribution in [0.25, 0.3) is 23.1 Å². The highest BCUT2D eigenvalue weighted by molar-refractivity contribution is 5.83. The second-order valence-corrected chi connectivity index (χ2v) is 6.14. The van der Waals surface area contributed by atoms with Gasteiger partial charge in [0.25, 0.3) is 5.56 Å².